The van der Waals surface area contributed by atoms with Crippen molar-refractivity contribution in [2.75, 3.05) is 25.5 Å². The summed E-state index contributed by atoms with van der Waals surface area (Å²) in [5, 5.41) is 17.1. The second-order valence-corrected chi connectivity index (χ2v) is 6.07. The molecule has 9 heteroatoms. The number of methoxy groups -OCH3 is 1. The van der Waals surface area contributed by atoms with Gasteiger partial charge in [0.2, 0.25) is 0 Å². The molecule has 26 heavy (non-hydrogen) atoms. The second-order valence-electron chi connectivity index (χ2n) is 6.07. The molecule has 1 aromatic carbocycles. The van der Waals surface area contributed by atoms with E-state index in [4.69, 9.17) is 4.52 Å². The number of nitrogens with one attached hydrogen (secondary N) is 1. The normalized spacial score (nSPS) is 19.4. The number of anilines is 1. The van der Waals surface area contributed by atoms with Crippen LogP contribution in [0.2, 0.25) is 0 Å². The predicted molar refractivity (Wildman–Crippen MR) is 90.6 cm³/mol. The topological polar surface area (TPSA) is 118 Å². The molecule has 1 saturated heterocycles. The Morgan fingerprint density at radius 2 is 2.27 bits per heavy atom. The van der Waals surface area contributed by atoms with Gasteiger partial charge >= 0.3 is 6.09 Å². The highest BCUT2D eigenvalue weighted by atomic mass is 16.5. The highest BCUT2D eigenvalue weighted by Gasteiger charge is 2.44. The molecule has 2 amide bonds. The first-order valence-corrected chi connectivity index (χ1v) is 8.25. The van der Waals surface area contributed by atoms with E-state index >= 15 is 0 Å². The van der Waals surface area contributed by atoms with Crippen LogP contribution < -0.4 is 5.32 Å². The first kappa shape index (κ1) is 17.9. The number of β-amino-alcohol motifs (C(OH)–C–C–N with tert-alkyl or cyclic N) is 1. The fourth-order valence-electron chi connectivity index (χ4n) is 2.81. The first-order chi connectivity index (χ1) is 12.4. The maximum atomic E-state index is 12.7. The lowest BCUT2D eigenvalue weighted by atomic mass is 10.0. The van der Waals surface area contributed by atoms with E-state index in [1.54, 1.807) is 24.3 Å². The Hall–Kier alpha value is -2.94. The minimum atomic E-state index is -1.35. The number of carbonyl (C=O) groups is 2. The van der Waals surface area contributed by atoms with Crippen molar-refractivity contribution >= 4 is 17.7 Å². The van der Waals surface area contributed by atoms with Crippen LogP contribution in [-0.4, -0.2) is 52.3 Å². The summed E-state index contributed by atoms with van der Waals surface area (Å²) in [6, 6.07) is 6.51. The van der Waals surface area contributed by atoms with Crippen molar-refractivity contribution in [3.63, 3.8) is 0 Å². The molecular formula is C17H20N4O5. The van der Waals surface area contributed by atoms with Gasteiger partial charge in [-0.2, -0.15) is 4.98 Å². The Morgan fingerprint density at radius 1 is 1.46 bits per heavy atom. The van der Waals surface area contributed by atoms with Gasteiger partial charge in [0.15, 0.2) is 11.4 Å². The number of ether oxygens (including phenoxy) is 1. The zero-order chi connectivity index (χ0) is 18.7. The minimum Gasteiger partial charge on any atom is -0.453 e. The van der Waals surface area contributed by atoms with Crippen LogP contribution in [0.3, 0.4) is 0 Å². The summed E-state index contributed by atoms with van der Waals surface area (Å²) in [5.41, 5.74) is -0.512. The van der Waals surface area contributed by atoms with Gasteiger partial charge in [0, 0.05) is 30.6 Å². The molecule has 1 aliphatic heterocycles. The number of benzene rings is 1. The second kappa shape index (κ2) is 7.12. The SMILES string of the molecule is CCc1noc(C2(O)CCN(C(=O)c3cccc(NC(=O)OC)c3)C2)n1. The smallest absolute Gasteiger partial charge is 0.411 e. The van der Waals surface area contributed by atoms with Crippen molar-refractivity contribution in [1.82, 2.24) is 15.0 Å². The van der Waals surface area contributed by atoms with E-state index in [1.807, 2.05) is 6.92 Å². The van der Waals surface area contributed by atoms with Crippen LogP contribution in [0.1, 0.15) is 35.4 Å². The Morgan fingerprint density at radius 3 is 2.96 bits per heavy atom. The number of hydrogen-bond donors (Lipinski definition) is 2. The third-order valence-electron chi connectivity index (χ3n) is 4.26. The van der Waals surface area contributed by atoms with Crippen LogP contribution >= 0.6 is 0 Å². The summed E-state index contributed by atoms with van der Waals surface area (Å²) in [6.07, 6.45) is 0.292. The fraction of sp³-hybridized carbons (Fsp3) is 0.412. The van der Waals surface area contributed by atoms with Crippen molar-refractivity contribution in [3.05, 3.63) is 41.5 Å². The van der Waals surface area contributed by atoms with Crippen LogP contribution in [0.5, 0.6) is 0 Å². The molecular weight excluding hydrogens is 340 g/mol. The van der Waals surface area contributed by atoms with E-state index < -0.39 is 11.7 Å². The van der Waals surface area contributed by atoms with Gasteiger partial charge in [0.05, 0.1) is 13.7 Å². The average Bonchev–Trinajstić information content (AvgIpc) is 3.29. The van der Waals surface area contributed by atoms with E-state index in [2.05, 4.69) is 20.2 Å². The molecule has 1 atom stereocenters. The van der Waals surface area contributed by atoms with E-state index in [0.717, 1.165) is 0 Å². The summed E-state index contributed by atoms with van der Waals surface area (Å²) >= 11 is 0. The molecule has 0 bridgehead atoms. The zero-order valence-electron chi connectivity index (χ0n) is 14.6. The van der Waals surface area contributed by atoms with Crippen molar-refractivity contribution in [2.24, 2.45) is 0 Å². The van der Waals surface area contributed by atoms with E-state index in [-0.39, 0.29) is 18.3 Å². The number of aliphatic hydroxyl groups is 1. The van der Waals surface area contributed by atoms with E-state index in [9.17, 15) is 14.7 Å². The Labute approximate surface area is 149 Å². The standard InChI is InChI=1S/C17H20N4O5/c1-3-13-19-15(26-20-13)17(24)7-8-21(10-17)14(22)11-5-4-6-12(9-11)18-16(23)25-2/h4-6,9,24H,3,7-8,10H2,1-2H3,(H,18,23). The van der Waals surface area contributed by atoms with Crippen LogP contribution in [-0.2, 0) is 16.8 Å². The third kappa shape index (κ3) is 3.52. The maximum absolute atomic E-state index is 12.7. The Kier molecular flexibility index (Phi) is 4.90. The van der Waals surface area contributed by atoms with Crippen molar-refractivity contribution in [2.45, 2.75) is 25.4 Å². The van der Waals surface area contributed by atoms with Crippen molar-refractivity contribution in [1.29, 1.82) is 0 Å². The number of hydrogen-bond acceptors (Lipinski definition) is 7. The first-order valence-electron chi connectivity index (χ1n) is 8.25. The number of amides is 2. The molecule has 0 saturated carbocycles. The fourth-order valence-corrected chi connectivity index (χ4v) is 2.81. The molecule has 3 rings (SSSR count). The molecule has 2 N–H and O–H groups in total. The maximum Gasteiger partial charge on any atom is 0.411 e. The number of carbonyl (C=O) groups excluding carboxylic acids is 2. The van der Waals surface area contributed by atoms with Crippen LogP contribution in [0, 0.1) is 0 Å². The zero-order valence-corrected chi connectivity index (χ0v) is 14.6. The molecule has 138 valence electrons. The largest absolute Gasteiger partial charge is 0.453 e. The highest BCUT2D eigenvalue weighted by molar-refractivity contribution is 5.96. The van der Waals surface area contributed by atoms with Gasteiger partial charge in [-0.3, -0.25) is 10.1 Å². The average molecular weight is 360 g/mol. The monoisotopic (exact) mass is 360 g/mol. The molecule has 0 radical (unpaired) electrons. The molecule has 1 fully saturated rings. The van der Waals surface area contributed by atoms with E-state index in [0.29, 0.717) is 36.5 Å². The molecule has 9 nitrogen and oxygen atoms in total. The lowest BCUT2D eigenvalue weighted by Crippen LogP contribution is -2.34. The summed E-state index contributed by atoms with van der Waals surface area (Å²) in [6.45, 7) is 2.30. The quantitative estimate of drug-likeness (QED) is 0.849. The molecule has 1 unspecified atom stereocenters. The van der Waals surface area contributed by atoms with Gasteiger partial charge < -0.3 is 19.3 Å². The lowest BCUT2D eigenvalue weighted by molar-refractivity contribution is 0.0136. The highest BCUT2D eigenvalue weighted by Crippen LogP contribution is 2.31. The van der Waals surface area contributed by atoms with Crippen LogP contribution in [0.15, 0.2) is 28.8 Å². The molecule has 1 aromatic heterocycles. The van der Waals surface area contributed by atoms with Crippen molar-refractivity contribution < 1.29 is 24.0 Å². The molecule has 0 spiro atoms. The molecule has 2 aromatic rings. The van der Waals surface area contributed by atoms with Gasteiger partial charge in [-0.1, -0.05) is 18.1 Å². The summed E-state index contributed by atoms with van der Waals surface area (Å²) < 4.78 is 9.68. The number of aryl methyl sites for hydroxylation is 1. The number of likely N-dealkylation sites (tertiary alicyclic amines) is 1. The van der Waals surface area contributed by atoms with E-state index in [1.165, 1.54) is 12.0 Å². The number of rotatable bonds is 4. The molecule has 0 aliphatic carbocycles. The minimum absolute atomic E-state index is 0.0613. The van der Waals surface area contributed by atoms with Gasteiger partial charge in [-0.05, 0) is 18.2 Å². The Balaban J connectivity index is 1.73. The summed E-state index contributed by atoms with van der Waals surface area (Å²) in [7, 11) is 1.26. The third-order valence-corrected chi connectivity index (χ3v) is 4.26. The van der Waals surface area contributed by atoms with Gasteiger partial charge in [0.25, 0.3) is 11.8 Å². The van der Waals surface area contributed by atoms with Crippen LogP contribution in [0.4, 0.5) is 10.5 Å². The lowest BCUT2D eigenvalue weighted by Gasteiger charge is -2.20. The summed E-state index contributed by atoms with van der Waals surface area (Å²) in [4.78, 5) is 29.7. The van der Waals surface area contributed by atoms with Gasteiger partial charge in [-0.25, -0.2) is 4.79 Å². The molecule has 1 aliphatic rings. The number of nitrogens with zero attached hydrogens (tertiary/aromatic N) is 3. The van der Waals surface area contributed by atoms with Gasteiger partial charge in [0.1, 0.15) is 0 Å². The predicted octanol–water partition coefficient (Wildman–Crippen LogP) is 1.54. The van der Waals surface area contributed by atoms with Gasteiger partial charge in [-0.15, -0.1) is 0 Å². The van der Waals surface area contributed by atoms with Crippen molar-refractivity contribution in [3.8, 4) is 0 Å². The number of aromatic nitrogens is 2. The summed E-state index contributed by atoms with van der Waals surface area (Å²) in [5.74, 6) is 0.384. The van der Waals surface area contributed by atoms with Crippen LogP contribution in [0.25, 0.3) is 0 Å². The molecule has 2 heterocycles. The Bertz CT molecular complexity index is 821.